The van der Waals surface area contributed by atoms with Crippen LogP contribution in [0.25, 0.3) is 0 Å². The molecule has 1 saturated heterocycles. The van der Waals surface area contributed by atoms with Crippen molar-refractivity contribution >= 4 is 17.5 Å². The SMILES string of the molecule is Cc1cccc(F)c1N1C(=O)C(C)NC(=O)C1C. The first-order valence-electron chi connectivity index (χ1n) is 5.82. The van der Waals surface area contributed by atoms with Gasteiger partial charge in [-0.05, 0) is 32.4 Å². The molecule has 1 aromatic rings. The molecule has 0 spiro atoms. The molecule has 1 heterocycles. The minimum Gasteiger partial charge on any atom is -0.343 e. The molecule has 0 bridgehead atoms. The summed E-state index contributed by atoms with van der Waals surface area (Å²) in [5, 5.41) is 2.56. The van der Waals surface area contributed by atoms with Crippen LogP contribution in [0.5, 0.6) is 0 Å². The number of hydrogen-bond acceptors (Lipinski definition) is 2. The van der Waals surface area contributed by atoms with Crippen LogP contribution in [0, 0.1) is 12.7 Å². The van der Waals surface area contributed by atoms with Gasteiger partial charge in [-0.1, -0.05) is 12.1 Å². The monoisotopic (exact) mass is 250 g/mol. The summed E-state index contributed by atoms with van der Waals surface area (Å²) in [6.07, 6.45) is 0. The van der Waals surface area contributed by atoms with Gasteiger partial charge in [0.1, 0.15) is 17.9 Å². The number of benzene rings is 1. The van der Waals surface area contributed by atoms with Crippen molar-refractivity contribution in [1.82, 2.24) is 5.32 Å². The third-order valence-electron chi connectivity index (χ3n) is 3.16. The van der Waals surface area contributed by atoms with Gasteiger partial charge in [-0.25, -0.2) is 4.39 Å². The van der Waals surface area contributed by atoms with Crippen LogP contribution < -0.4 is 10.2 Å². The van der Waals surface area contributed by atoms with E-state index in [2.05, 4.69) is 5.32 Å². The molecule has 1 aliphatic rings. The summed E-state index contributed by atoms with van der Waals surface area (Å²) in [6, 6.07) is 3.25. The van der Waals surface area contributed by atoms with E-state index in [1.807, 2.05) is 0 Å². The number of rotatable bonds is 1. The first-order valence-corrected chi connectivity index (χ1v) is 5.82. The molecule has 2 rings (SSSR count). The van der Waals surface area contributed by atoms with E-state index >= 15 is 0 Å². The van der Waals surface area contributed by atoms with Crippen LogP contribution in [0.15, 0.2) is 18.2 Å². The minimum atomic E-state index is -0.704. The van der Waals surface area contributed by atoms with E-state index in [0.717, 1.165) is 0 Å². The van der Waals surface area contributed by atoms with Gasteiger partial charge in [0.15, 0.2) is 0 Å². The zero-order valence-electron chi connectivity index (χ0n) is 10.5. The first-order chi connectivity index (χ1) is 8.43. The molecule has 2 amide bonds. The Bertz CT molecular complexity index is 495. The number of amides is 2. The number of halogens is 1. The van der Waals surface area contributed by atoms with Gasteiger partial charge in [0.2, 0.25) is 11.8 Å². The maximum absolute atomic E-state index is 13.9. The maximum Gasteiger partial charge on any atom is 0.250 e. The number of hydrogen-bond donors (Lipinski definition) is 1. The Hall–Kier alpha value is -1.91. The summed E-state index contributed by atoms with van der Waals surface area (Å²) < 4.78 is 13.9. The Morgan fingerprint density at radius 1 is 1.28 bits per heavy atom. The standard InChI is InChI=1S/C13H15FN2O2/c1-7-5-4-6-10(14)11(7)16-9(3)12(17)15-8(2)13(16)18/h4-6,8-9H,1-3H3,(H,15,17). The van der Waals surface area contributed by atoms with E-state index in [9.17, 15) is 14.0 Å². The third kappa shape index (κ3) is 1.85. The highest BCUT2D eigenvalue weighted by atomic mass is 19.1. The highest BCUT2D eigenvalue weighted by Crippen LogP contribution is 2.28. The average Bonchev–Trinajstić information content (AvgIpc) is 2.30. The molecule has 1 fully saturated rings. The fourth-order valence-corrected chi connectivity index (χ4v) is 2.14. The Morgan fingerprint density at radius 3 is 2.56 bits per heavy atom. The number of nitrogens with zero attached hydrogens (tertiary/aromatic N) is 1. The summed E-state index contributed by atoms with van der Waals surface area (Å²) in [6.45, 7) is 4.90. The lowest BCUT2D eigenvalue weighted by Crippen LogP contribution is -2.62. The third-order valence-corrected chi connectivity index (χ3v) is 3.16. The van der Waals surface area contributed by atoms with E-state index in [1.165, 1.54) is 11.0 Å². The highest BCUT2D eigenvalue weighted by molar-refractivity contribution is 6.08. The summed E-state index contributed by atoms with van der Waals surface area (Å²) in [5.41, 5.74) is 0.828. The molecule has 1 aliphatic heterocycles. The maximum atomic E-state index is 13.9. The van der Waals surface area contributed by atoms with Crippen molar-refractivity contribution in [2.24, 2.45) is 0 Å². The number of piperazine rings is 1. The summed E-state index contributed by atoms with van der Waals surface area (Å²) >= 11 is 0. The van der Waals surface area contributed by atoms with Crippen molar-refractivity contribution in [1.29, 1.82) is 0 Å². The number of nitrogens with one attached hydrogen (secondary N) is 1. The van der Waals surface area contributed by atoms with Crippen LogP contribution in [0.1, 0.15) is 19.4 Å². The molecule has 5 heteroatoms. The molecule has 0 aromatic heterocycles. The average molecular weight is 250 g/mol. The molecule has 0 saturated carbocycles. The van der Waals surface area contributed by atoms with Crippen molar-refractivity contribution in [3.8, 4) is 0 Å². The van der Waals surface area contributed by atoms with Crippen LogP contribution in [-0.4, -0.2) is 23.9 Å². The highest BCUT2D eigenvalue weighted by Gasteiger charge is 2.38. The van der Waals surface area contributed by atoms with E-state index in [-0.39, 0.29) is 17.5 Å². The largest absolute Gasteiger partial charge is 0.343 e. The van der Waals surface area contributed by atoms with Crippen molar-refractivity contribution < 1.29 is 14.0 Å². The molecule has 2 atom stereocenters. The Balaban J connectivity index is 2.53. The van der Waals surface area contributed by atoms with Crippen molar-refractivity contribution in [3.05, 3.63) is 29.6 Å². The van der Waals surface area contributed by atoms with Gasteiger partial charge < -0.3 is 5.32 Å². The normalized spacial score (nSPS) is 24.1. The predicted molar refractivity (Wildman–Crippen MR) is 65.7 cm³/mol. The minimum absolute atomic E-state index is 0.191. The fraction of sp³-hybridized carbons (Fsp3) is 0.385. The molecular weight excluding hydrogens is 235 g/mol. The summed E-state index contributed by atoms with van der Waals surface area (Å²) in [4.78, 5) is 25.1. The van der Waals surface area contributed by atoms with E-state index in [1.54, 1.807) is 32.9 Å². The summed E-state index contributed by atoms with van der Waals surface area (Å²) in [7, 11) is 0. The van der Waals surface area contributed by atoms with Gasteiger partial charge in [-0.3, -0.25) is 14.5 Å². The Morgan fingerprint density at radius 2 is 1.94 bits per heavy atom. The molecule has 0 aliphatic carbocycles. The molecule has 4 nitrogen and oxygen atoms in total. The van der Waals surface area contributed by atoms with E-state index < -0.39 is 17.9 Å². The van der Waals surface area contributed by atoms with Crippen molar-refractivity contribution in [2.45, 2.75) is 32.9 Å². The quantitative estimate of drug-likeness (QED) is 0.818. The zero-order valence-corrected chi connectivity index (χ0v) is 10.5. The topological polar surface area (TPSA) is 49.4 Å². The van der Waals surface area contributed by atoms with Gasteiger partial charge in [0.05, 0.1) is 5.69 Å². The second kappa shape index (κ2) is 4.40. The lowest BCUT2D eigenvalue weighted by atomic mass is 10.1. The van der Waals surface area contributed by atoms with E-state index in [0.29, 0.717) is 5.56 Å². The van der Waals surface area contributed by atoms with Crippen LogP contribution >= 0.6 is 0 Å². The second-order valence-corrected chi connectivity index (χ2v) is 4.52. The predicted octanol–water partition coefficient (Wildman–Crippen LogP) is 1.37. The molecule has 2 unspecified atom stereocenters. The number of carbonyl (C=O) groups is 2. The van der Waals surface area contributed by atoms with Crippen LogP contribution in [0.2, 0.25) is 0 Å². The van der Waals surface area contributed by atoms with Gasteiger partial charge in [0, 0.05) is 0 Å². The molecule has 0 radical (unpaired) electrons. The van der Waals surface area contributed by atoms with Crippen molar-refractivity contribution in [3.63, 3.8) is 0 Å². The lowest BCUT2D eigenvalue weighted by molar-refractivity contribution is -0.133. The van der Waals surface area contributed by atoms with Crippen LogP contribution in [0.4, 0.5) is 10.1 Å². The van der Waals surface area contributed by atoms with Crippen LogP contribution in [0.3, 0.4) is 0 Å². The van der Waals surface area contributed by atoms with Gasteiger partial charge in [-0.15, -0.1) is 0 Å². The molecule has 1 aromatic carbocycles. The smallest absolute Gasteiger partial charge is 0.250 e. The van der Waals surface area contributed by atoms with E-state index in [4.69, 9.17) is 0 Å². The number of carbonyl (C=O) groups excluding carboxylic acids is 2. The molecule has 1 N–H and O–H groups in total. The molecule has 18 heavy (non-hydrogen) atoms. The van der Waals surface area contributed by atoms with Crippen LogP contribution in [-0.2, 0) is 9.59 Å². The lowest BCUT2D eigenvalue weighted by Gasteiger charge is -2.36. The summed E-state index contributed by atoms with van der Waals surface area (Å²) in [5.74, 6) is -1.06. The number of aryl methyl sites for hydroxylation is 1. The van der Waals surface area contributed by atoms with Gasteiger partial charge in [0.25, 0.3) is 0 Å². The number of anilines is 1. The zero-order chi connectivity index (χ0) is 13.4. The van der Waals surface area contributed by atoms with Gasteiger partial charge in [-0.2, -0.15) is 0 Å². The Labute approximate surface area is 105 Å². The first kappa shape index (κ1) is 12.5. The molecular formula is C13H15FN2O2. The van der Waals surface area contributed by atoms with Crippen molar-refractivity contribution in [2.75, 3.05) is 4.90 Å². The van der Waals surface area contributed by atoms with Gasteiger partial charge >= 0.3 is 0 Å². The number of para-hydroxylation sites is 1. The second-order valence-electron chi connectivity index (χ2n) is 4.52. The Kier molecular flexibility index (Phi) is 3.07. The molecule has 96 valence electrons. The fourth-order valence-electron chi connectivity index (χ4n) is 2.14.